The molecule has 1 unspecified atom stereocenters. The van der Waals surface area contributed by atoms with E-state index < -0.39 is 0 Å². The fourth-order valence-corrected chi connectivity index (χ4v) is 3.04. The zero-order chi connectivity index (χ0) is 18.8. The van der Waals surface area contributed by atoms with Crippen molar-refractivity contribution in [3.05, 3.63) is 72.2 Å². The molecule has 0 aliphatic carbocycles. The molecule has 0 saturated heterocycles. The third-order valence-electron chi connectivity index (χ3n) is 4.41. The van der Waals surface area contributed by atoms with E-state index >= 15 is 0 Å². The zero-order valence-electron chi connectivity index (χ0n) is 15.3. The quantitative estimate of drug-likeness (QED) is 0.588. The van der Waals surface area contributed by atoms with Gasteiger partial charge in [0.15, 0.2) is 5.82 Å². The number of rotatable bonds is 5. The second kappa shape index (κ2) is 7.26. The van der Waals surface area contributed by atoms with Crippen LogP contribution in [0.4, 0.5) is 0 Å². The van der Waals surface area contributed by atoms with Gasteiger partial charge in [-0.3, -0.25) is 4.98 Å². The van der Waals surface area contributed by atoms with Crippen LogP contribution in [0.15, 0.2) is 60.8 Å². The number of ether oxygens (including phenoxy) is 1. The topological polar surface area (TPSA) is 78.9 Å². The van der Waals surface area contributed by atoms with Crippen LogP contribution < -0.4 is 5.73 Å². The minimum absolute atomic E-state index is 0.105. The van der Waals surface area contributed by atoms with Crippen LogP contribution in [0.2, 0.25) is 0 Å². The van der Waals surface area contributed by atoms with Crippen LogP contribution in [0.3, 0.4) is 0 Å². The van der Waals surface area contributed by atoms with E-state index in [0.29, 0.717) is 6.61 Å². The number of pyridine rings is 2. The number of aromatic nitrogens is 4. The first-order valence-corrected chi connectivity index (χ1v) is 8.81. The normalized spacial score (nSPS) is 12.4. The van der Waals surface area contributed by atoms with Crippen molar-refractivity contribution in [2.75, 3.05) is 7.11 Å². The Balaban J connectivity index is 1.80. The Labute approximate surface area is 157 Å². The average Bonchev–Trinajstić information content (AvgIpc) is 3.12. The lowest BCUT2D eigenvalue weighted by molar-refractivity contribution is 0.181. The molecule has 1 atom stereocenters. The van der Waals surface area contributed by atoms with Gasteiger partial charge in [-0.1, -0.05) is 24.3 Å². The minimum Gasteiger partial charge on any atom is -0.378 e. The summed E-state index contributed by atoms with van der Waals surface area (Å²) in [6.07, 6.45) is 1.84. The van der Waals surface area contributed by atoms with Gasteiger partial charge in [0.1, 0.15) is 0 Å². The summed E-state index contributed by atoms with van der Waals surface area (Å²) in [5, 5.41) is 5.56. The van der Waals surface area contributed by atoms with E-state index in [1.165, 1.54) is 0 Å². The summed E-state index contributed by atoms with van der Waals surface area (Å²) in [7, 11) is 1.66. The number of benzene rings is 1. The molecule has 6 nitrogen and oxygen atoms in total. The molecule has 6 heteroatoms. The van der Waals surface area contributed by atoms with Gasteiger partial charge in [0.05, 0.1) is 35.4 Å². The largest absolute Gasteiger partial charge is 0.378 e. The molecule has 0 bridgehead atoms. The van der Waals surface area contributed by atoms with Gasteiger partial charge in [-0.2, -0.15) is 5.10 Å². The van der Waals surface area contributed by atoms with Crippen LogP contribution in [-0.4, -0.2) is 26.9 Å². The highest BCUT2D eigenvalue weighted by Gasteiger charge is 2.10. The van der Waals surface area contributed by atoms with Gasteiger partial charge >= 0.3 is 0 Å². The lowest BCUT2D eigenvalue weighted by Crippen LogP contribution is -2.07. The molecule has 2 N–H and O–H groups in total. The number of nitrogens with zero attached hydrogens (tertiary/aromatic N) is 4. The lowest BCUT2D eigenvalue weighted by atomic mass is 10.1. The molecule has 4 aromatic rings. The summed E-state index contributed by atoms with van der Waals surface area (Å²) >= 11 is 0. The molecular weight excluding hydrogens is 338 g/mol. The molecule has 0 saturated carbocycles. The van der Waals surface area contributed by atoms with Crippen LogP contribution in [0, 0.1) is 0 Å². The highest BCUT2D eigenvalue weighted by Crippen LogP contribution is 2.25. The lowest BCUT2D eigenvalue weighted by Gasteiger charge is -2.09. The predicted molar refractivity (Wildman–Crippen MR) is 105 cm³/mol. The number of hydrogen-bond acceptors (Lipinski definition) is 5. The highest BCUT2D eigenvalue weighted by molar-refractivity contribution is 5.84. The van der Waals surface area contributed by atoms with Gasteiger partial charge in [-0.25, -0.2) is 9.67 Å². The van der Waals surface area contributed by atoms with Crippen molar-refractivity contribution < 1.29 is 4.74 Å². The molecule has 0 spiro atoms. The Bertz CT molecular complexity index is 1090. The smallest absolute Gasteiger partial charge is 0.154 e. The maximum atomic E-state index is 5.98. The average molecular weight is 359 g/mol. The zero-order valence-corrected chi connectivity index (χ0v) is 15.3. The molecule has 136 valence electrons. The van der Waals surface area contributed by atoms with E-state index in [9.17, 15) is 0 Å². The summed E-state index contributed by atoms with van der Waals surface area (Å²) < 4.78 is 7.03. The first kappa shape index (κ1) is 17.3. The number of methoxy groups -OCH3 is 1. The molecule has 0 aliphatic heterocycles. The monoisotopic (exact) mass is 359 g/mol. The molecule has 0 aliphatic rings. The van der Waals surface area contributed by atoms with Crippen LogP contribution in [0.25, 0.3) is 28.0 Å². The van der Waals surface area contributed by atoms with Gasteiger partial charge in [0, 0.05) is 24.1 Å². The highest BCUT2D eigenvalue weighted by atomic mass is 16.5. The first-order chi connectivity index (χ1) is 13.2. The van der Waals surface area contributed by atoms with Crippen LogP contribution in [0.1, 0.15) is 24.4 Å². The van der Waals surface area contributed by atoms with Crippen LogP contribution in [-0.2, 0) is 11.3 Å². The van der Waals surface area contributed by atoms with Crippen molar-refractivity contribution in [2.45, 2.75) is 19.6 Å². The van der Waals surface area contributed by atoms with Gasteiger partial charge < -0.3 is 10.5 Å². The molecule has 0 radical (unpaired) electrons. The molecule has 1 aromatic carbocycles. The second-order valence-corrected chi connectivity index (χ2v) is 6.49. The molecule has 27 heavy (non-hydrogen) atoms. The van der Waals surface area contributed by atoms with E-state index in [-0.39, 0.29) is 6.04 Å². The Morgan fingerprint density at radius 3 is 2.74 bits per heavy atom. The third-order valence-corrected chi connectivity index (χ3v) is 4.41. The van der Waals surface area contributed by atoms with E-state index in [1.54, 1.807) is 7.11 Å². The number of fused-ring (bicyclic) bond motifs is 1. The maximum absolute atomic E-state index is 5.98. The molecular formula is C21H21N5O. The van der Waals surface area contributed by atoms with Crippen molar-refractivity contribution in [1.29, 1.82) is 0 Å². The van der Waals surface area contributed by atoms with E-state index in [0.717, 1.165) is 39.4 Å². The summed E-state index contributed by atoms with van der Waals surface area (Å²) in [6.45, 7) is 2.40. The number of nitrogens with two attached hydrogens (primary N) is 1. The van der Waals surface area contributed by atoms with E-state index in [4.69, 9.17) is 10.5 Å². The molecule has 4 rings (SSSR count). The first-order valence-electron chi connectivity index (χ1n) is 8.81. The summed E-state index contributed by atoms with van der Waals surface area (Å²) in [4.78, 5) is 9.33. The molecule has 3 heterocycles. The SMILES string of the molecule is COCc1cccc(-n2ncc3ccc(-c4cccc(C(C)N)n4)cc32)n1. The van der Waals surface area contributed by atoms with Crippen LogP contribution in [0.5, 0.6) is 0 Å². The van der Waals surface area contributed by atoms with Crippen molar-refractivity contribution >= 4 is 10.9 Å². The van der Waals surface area contributed by atoms with Crippen LogP contribution >= 0.6 is 0 Å². The third kappa shape index (κ3) is 3.45. The fraction of sp³-hybridized carbons (Fsp3) is 0.190. The van der Waals surface area contributed by atoms with Gasteiger partial charge in [0.2, 0.25) is 0 Å². The number of hydrogen-bond donors (Lipinski definition) is 1. The second-order valence-electron chi connectivity index (χ2n) is 6.49. The van der Waals surface area contributed by atoms with Gasteiger partial charge in [-0.05, 0) is 37.3 Å². The van der Waals surface area contributed by atoms with Crippen molar-refractivity contribution in [3.8, 4) is 17.1 Å². The molecule has 0 fully saturated rings. The standard InChI is InChI=1S/C21H21N5O/c1-14(22)18-6-4-7-19(25-18)15-9-10-16-12-23-26(20(16)11-15)21-8-3-5-17(24-21)13-27-2/h3-12,14H,13,22H2,1-2H3. The summed E-state index contributed by atoms with van der Waals surface area (Å²) in [5.41, 5.74) is 10.6. The summed E-state index contributed by atoms with van der Waals surface area (Å²) in [5.74, 6) is 0.758. The predicted octanol–water partition coefficient (Wildman–Crippen LogP) is 3.65. The van der Waals surface area contributed by atoms with Crippen molar-refractivity contribution in [2.24, 2.45) is 5.73 Å². The van der Waals surface area contributed by atoms with Gasteiger partial charge in [0.25, 0.3) is 0 Å². The van der Waals surface area contributed by atoms with E-state index in [1.807, 2.05) is 60.3 Å². The fourth-order valence-electron chi connectivity index (χ4n) is 3.04. The van der Waals surface area contributed by atoms with Crippen molar-refractivity contribution in [1.82, 2.24) is 19.7 Å². The minimum atomic E-state index is -0.105. The Morgan fingerprint density at radius 2 is 1.93 bits per heavy atom. The van der Waals surface area contributed by atoms with Crippen molar-refractivity contribution in [3.63, 3.8) is 0 Å². The maximum Gasteiger partial charge on any atom is 0.154 e. The molecule has 3 aromatic heterocycles. The molecule has 0 amide bonds. The Kier molecular flexibility index (Phi) is 4.66. The van der Waals surface area contributed by atoms with E-state index in [2.05, 4.69) is 27.2 Å². The summed E-state index contributed by atoms with van der Waals surface area (Å²) in [6, 6.07) is 17.8. The Morgan fingerprint density at radius 1 is 1.07 bits per heavy atom. The Hall–Kier alpha value is -3.09. The van der Waals surface area contributed by atoms with Gasteiger partial charge in [-0.15, -0.1) is 0 Å².